The normalized spacial score (nSPS) is 16.9. The topological polar surface area (TPSA) is 43.8 Å². The van der Waals surface area contributed by atoms with E-state index in [9.17, 15) is 4.79 Å². The molecule has 1 N–H and O–H groups in total. The lowest BCUT2D eigenvalue weighted by atomic mass is 10.1. The van der Waals surface area contributed by atoms with Crippen LogP contribution in [-0.4, -0.2) is 53.0 Å². The number of amides is 1. The van der Waals surface area contributed by atoms with Crippen molar-refractivity contribution in [2.24, 2.45) is 0 Å². The molecule has 1 heterocycles. The molecule has 1 aliphatic heterocycles. The Morgan fingerprint density at radius 3 is 2.21 bits per heavy atom. The number of rotatable bonds is 3. The molecule has 4 heteroatoms. The van der Waals surface area contributed by atoms with Crippen molar-refractivity contribution in [1.29, 1.82) is 0 Å². The Morgan fingerprint density at radius 2 is 1.74 bits per heavy atom. The molecule has 104 valence electrons. The van der Waals surface area contributed by atoms with Gasteiger partial charge in [-0.15, -0.1) is 0 Å². The summed E-state index contributed by atoms with van der Waals surface area (Å²) in [5.74, 6) is 0.0906. The number of aliphatic hydroxyl groups excluding tert-OH is 1. The summed E-state index contributed by atoms with van der Waals surface area (Å²) < 4.78 is 0. The van der Waals surface area contributed by atoms with Crippen LogP contribution in [0.4, 0.5) is 0 Å². The van der Waals surface area contributed by atoms with E-state index in [0.29, 0.717) is 11.6 Å². The van der Waals surface area contributed by atoms with E-state index in [0.717, 1.165) is 31.7 Å². The maximum absolute atomic E-state index is 12.3. The Labute approximate surface area is 114 Å². The highest BCUT2D eigenvalue weighted by molar-refractivity contribution is 5.94. The molecule has 1 aliphatic rings. The van der Waals surface area contributed by atoms with Crippen LogP contribution in [0.15, 0.2) is 24.3 Å². The van der Waals surface area contributed by atoms with Gasteiger partial charge in [-0.3, -0.25) is 9.69 Å². The Morgan fingerprint density at radius 1 is 1.16 bits per heavy atom. The molecule has 0 spiro atoms. The third kappa shape index (κ3) is 3.33. The van der Waals surface area contributed by atoms with E-state index >= 15 is 0 Å². The van der Waals surface area contributed by atoms with Crippen molar-refractivity contribution >= 4 is 5.91 Å². The van der Waals surface area contributed by atoms with Gasteiger partial charge < -0.3 is 10.0 Å². The summed E-state index contributed by atoms with van der Waals surface area (Å²) in [5.41, 5.74) is 1.54. The molecule has 1 aromatic carbocycles. The van der Waals surface area contributed by atoms with E-state index in [1.165, 1.54) is 0 Å². The fraction of sp³-hybridized carbons (Fsp3) is 0.533. The van der Waals surface area contributed by atoms with Gasteiger partial charge in [-0.1, -0.05) is 12.1 Å². The lowest BCUT2D eigenvalue weighted by molar-refractivity contribution is 0.0595. The minimum Gasteiger partial charge on any atom is -0.392 e. The van der Waals surface area contributed by atoms with Crippen LogP contribution in [0.3, 0.4) is 0 Å². The number of hydrogen-bond acceptors (Lipinski definition) is 3. The third-order valence-corrected chi connectivity index (χ3v) is 3.72. The molecular weight excluding hydrogens is 240 g/mol. The summed E-state index contributed by atoms with van der Waals surface area (Å²) in [6.07, 6.45) is 0. The molecule has 19 heavy (non-hydrogen) atoms. The molecule has 0 aliphatic carbocycles. The molecule has 0 radical (unpaired) electrons. The first-order valence-corrected chi connectivity index (χ1v) is 6.85. The van der Waals surface area contributed by atoms with E-state index in [1.807, 2.05) is 4.90 Å². The second-order valence-electron chi connectivity index (χ2n) is 5.28. The Balaban J connectivity index is 1.97. The van der Waals surface area contributed by atoms with Gasteiger partial charge in [-0.25, -0.2) is 0 Å². The minimum absolute atomic E-state index is 0.0154. The molecule has 1 amide bonds. The molecule has 1 saturated heterocycles. The van der Waals surface area contributed by atoms with Crippen LogP contribution < -0.4 is 0 Å². The summed E-state index contributed by atoms with van der Waals surface area (Å²) >= 11 is 0. The first-order valence-electron chi connectivity index (χ1n) is 6.85. The first-order chi connectivity index (χ1) is 9.11. The fourth-order valence-electron chi connectivity index (χ4n) is 2.38. The number of piperazine rings is 1. The van der Waals surface area contributed by atoms with Gasteiger partial charge in [0.25, 0.3) is 5.91 Å². The molecule has 2 rings (SSSR count). The van der Waals surface area contributed by atoms with Crippen LogP contribution in [0.2, 0.25) is 0 Å². The number of carbonyl (C=O) groups is 1. The maximum atomic E-state index is 12.3. The monoisotopic (exact) mass is 262 g/mol. The van der Waals surface area contributed by atoms with Crippen molar-refractivity contribution in [2.45, 2.75) is 26.5 Å². The molecule has 0 atom stereocenters. The van der Waals surface area contributed by atoms with Crippen molar-refractivity contribution in [3.05, 3.63) is 35.4 Å². The summed E-state index contributed by atoms with van der Waals surface area (Å²) in [6, 6.07) is 7.74. The average Bonchev–Trinajstić information content (AvgIpc) is 2.46. The van der Waals surface area contributed by atoms with Gasteiger partial charge in [0.2, 0.25) is 0 Å². The molecule has 4 nitrogen and oxygen atoms in total. The molecule has 0 bridgehead atoms. The Hall–Kier alpha value is -1.39. The van der Waals surface area contributed by atoms with Crippen molar-refractivity contribution in [2.75, 3.05) is 26.2 Å². The largest absolute Gasteiger partial charge is 0.392 e. The second kappa shape index (κ2) is 6.17. The zero-order valence-electron chi connectivity index (χ0n) is 11.7. The summed E-state index contributed by atoms with van der Waals surface area (Å²) in [7, 11) is 0. The van der Waals surface area contributed by atoms with E-state index in [4.69, 9.17) is 5.11 Å². The highest BCUT2D eigenvalue weighted by Gasteiger charge is 2.23. The number of nitrogens with zero attached hydrogens (tertiary/aromatic N) is 2. The second-order valence-corrected chi connectivity index (χ2v) is 5.28. The quantitative estimate of drug-likeness (QED) is 0.894. The highest BCUT2D eigenvalue weighted by atomic mass is 16.3. The number of aliphatic hydroxyl groups is 1. The maximum Gasteiger partial charge on any atom is 0.253 e. The van der Waals surface area contributed by atoms with Crippen molar-refractivity contribution < 1.29 is 9.90 Å². The molecule has 1 aromatic rings. The lowest BCUT2D eigenvalue weighted by Gasteiger charge is -2.37. The minimum atomic E-state index is 0.0154. The van der Waals surface area contributed by atoms with E-state index in [2.05, 4.69) is 18.7 Å². The number of hydrogen-bond donors (Lipinski definition) is 1. The zero-order valence-corrected chi connectivity index (χ0v) is 11.7. The standard InChI is InChI=1S/C15H22N2O2/c1-12(2)16-7-9-17(10-8-16)15(19)14-5-3-13(11-18)4-6-14/h3-6,12,18H,7-11H2,1-2H3. The molecule has 0 saturated carbocycles. The summed E-state index contributed by atoms with van der Waals surface area (Å²) in [4.78, 5) is 16.6. The van der Waals surface area contributed by atoms with Gasteiger partial charge in [-0.05, 0) is 31.5 Å². The summed E-state index contributed by atoms with van der Waals surface area (Å²) in [6.45, 7) is 7.85. The van der Waals surface area contributed by atoms with Crippen LogP contribution in [0.5, 0.6) is 0 Å². The average molecular weight is 262 g/mol. The van der Waals surface area contributed by atoms with Gasteiger partial charge in [0.1, 0.15) is 0 Å². The molecule has 0 aromatic heterocycles. The first kappa shape index (κ1) is 14.0. The van der Waals surface area contributed by atoms with Gasteiger partial charge in [0.15, 0.2) is 0 Å². The van der Waals surface area contributed by atoms with E-state index in [1.54, 1.807) is 24.3 Å². The molecule has 0 unspecified atom stereocenters. The van der Waals surface area contributed by atoms with Crippen molar-refractivity contribution in [1.82, 2.24) is 9.80 Å². The zero-order chi connectivity index (χ0) is 13.8. The predicted octanol–water partition coefficient (Wildman–Crippen LogP) is 1.35. The fourth-order valence-corrected chi connectivity index (χ4v) is 2.38. The highest BCUT2D eigenvalue weighted by Crippen LogP contribution is 2.11. The SMILES string of the molecule is CC(C)N1CCN(C(=O)c2ccc(CO)cc2)CC1. The predicted molar refractivity (Wildman–Crippen MR) is 75.0 cm³/mol. The van der Waals surface area contributed by atoms with Crippen LogP contribution in [0, 0.1) is 0 Å². The third-order valence-electron chi connectivity index (χ3n) is 3.72. The van der Waals surface area contributed by atoms with Crippen molar-refractivity contribution in [3.63, 3.8) is 0 Å². The molecule has 1 fully saturated rings. The van der Waals surface area contributed by atoms with E-state index < -0.39 is 0 Å². The van der Waals surface area contributed by atoms with Crippen LogP contribution in [-0.2, 0) is 6.61 Å². The van der Waals surface area contributed by atoms with Gasteiger partial charge in [-0.2, -0.15) is 0 Å². The van der Waals surface area contributed by atoms with Crippen LogP contribution in [0.25, 0.3) is 0 Å². The molecular formula is C15H22N2O2. The smallest absolute Gasteiger partial charge is 0.253 e. The number of benzene rings is 1. The van der Waals surface area contributed by atoms with E-state index in [-0.39, 0.29) is 12.5 Å². The summed E-state index contributed by atoms with van der Waals surface area (Å²) in [5, 5.41) is 9.00. The number of carbonyl (C=O) groups excluding carboxylic acids is 1. The van der Waals surface area contributed by atoms with Crippen molar-refractivity contribution in [3.8, 4) is 0 Å². The Kier molecular flexibility index (Phi) is 4.56. The van der Waals surface area contributed by atoms with Gasteiger partial charge >= 0.3 is 0 Å². The lowest BCUT2D eigenvalue weighted by Crippen LogP contribution is -2.50. The van der Waals surface area contributed by atoms with Crippen LogP contribution >= 0.6 is 0 Å². The van der Waals surface area contributed by atoms with Gasteiger partial charge in [0.05, 0.1) is 6.61 Å². The Bertz CT molecular complexity index is 420. The van der Waals surface area contributed by atoms with Gasteiger partial charge in [0, 0.05) is 37.8 Å². The van der Waals surface area contributed by atoms with Crippen LogP contribution in [0.1, 0.15) is 29.8 Å².